The zero-order valence-electron chi connectivity index (χ0n) is 10.4. The number of amides is 1. The molecule has 0 N–H and O–H groups in total. The lowest BCUT2D eigenvalue weighted by Gasteiger charge is -2.24. The van der Waals surface area contributed by atoms with Crippen molar-refractivity contribution in [2.45, 2.75) is 45.6 Å². The topological polar surface area (TPSA) is 29.5 Å². The lowest BCUT2D eigenvalue weighted by atomic mass is 10.2. The van der Waals surface area contributed by atoms with Gasteiger partial charge in [0.15, 0.2) is 0 Å². The highest BCUT2D eigenvalue weighted by Gasteiger charge is 2.32. The Bertz CT molecular complexity index is 244. The Morgan fingerprint density at radius 1 is 1.31 bits per heavy atom. The van der Waals surface area contributed by atoms with Crippen LogP contribution in [0.2, 0.25) is 0 Å². The second-order valence-electron chi connectivity index (χ2n) is 5.63. The van der Waals surface area contributed by atoms with Gasteiger partial charge in [0, 0.05) is 12.6 Å². The maximum Gasteiger partial charge on any atom is 0.248 e. The summed E-state index contributed by atoms with van der Waals surface area (Å²) in [5.74, 6) is 1.48. The van der Waals surface area contributed by atoms with Gasteiger partial charge in [0.2, 0.25) is 5.91 Å². The Balaban J connectivity index is 1.70. The molecule has 0 heterocycles. The molecule has 0 aromatic rings. The largest absolute Gasteiger partial charge is 0.371 e. The first-order valence-corrected chi connectivity index (χ1v) is 6.54. The van der Waals surface area contributed by atoms with Crippen LogP contribution in [-0.4, -0.2) is 36.6 Å². The normalized spacial score (nSPS) is 20.2. The summed E-state index contributed by atoms with van der Waals surface area (Å²) in [6.45, 7) is 6.28. The molecule has 2 aliphatic carbocycles. The lowest BCUT2D eigenvalue weighted by Crippen LogP contribution is -2.38. The predicted octanol–water partition coefficient (Wildman–Crippen LogP) is 2.06. The van der Waals surface area contributed by atoms with E-state index in [1.165, 1.54) is 25.7 Å². The van der Waals surface area contributed by atoms with E-state index in [1.807, 2.05) is 4.90 Å². The highest BCUT2D eigenvalue weighted by atomic mass is 16.5. The summed E-state index contributed by atoms with van der Waals surface area (Å²) in [6, 6.07) is 0.513. The van der Waals surface area contributed by atoms with Gasteiger partial charge in [-0.3, -0.25) is 4.79 Å². The second-order valence-corrected chi connectivity index (χ2v) is 5.63. The van der Waals surface area contributed by atoms with Gasteiger partial charge < -0.3 is 9.64 Å². The molecule has 0 aliphatic heterocycles. The zero-order valence-corrected chi connectivity index (χ0v) is 10.4. The van der Waals surface area contributed by atoms with E-state index in [1.54, 1.807) is 0 Å². The molecule has 2 rings (SSSR count). The number of carbonyl (C=O) groups excluding carboxylic acids is 1. The van der Waals surface area contributed by atoms with Gasteiger partial charge in [0.1, 0.15) is 6.61 Å². The first-order valence-electron chi connectivity index (χ1n) is 6.54. The molecule has 1 amide bonds. The van der Waals surface area contributed by atoms with Crippen LogP contribution in [0, 0.1) is 11.8 Å². The summed E-state index contributed by atoms with van der Waals surface area (Å²) in [7, 11) is 0. The molecule has 0 radical (unpaired) electrons. The van der Waals surface area contributed by atoms with Gasteiger partial charge in [-0.2, -0.15) is 0 Å². The maximum absolute atomic E-state index is 12.0. The van der Waals surface area contributed by atoms with Crippen LogP contribution in [0.1, 0.15) is 39.5 Å². The molecule has 0 atom stereocenters. The molecule has 2 fully saturated rings. The molecule has 2 saturated carbocycles. The average molecular weight is 225 g/mol. The van der Waals surface area contributed by atoms with Crippen LogP contribution in [0.4, 0.5) is 0 Å². The fourth-order valence-electron chi connectivity index (χ4n) is 1.91. The molecule has 0 saturated heterocycles. The fraction of sp³-hybridized carbons (Fsp3) is 0.923. The number of rotatable bonds is 7. The van der Waals surface area contributed by atoms with Crippen LogP contribution >= 0.6 is 0 Å². The first kappa shape index (κ1) is 11.9. The maximum atomic E-state index is 12.0. The Morgan fingerprint density at radius 2 is 2.00 bits per heavy atom. The van der Waals surface area contributed by atoms with E-state index in [-0.39, 0.29) is 5.91 Å². The van der Waals surface area contributed by atoms with Gasteiger partial charge in [-0.25, -0.2) is 0 Å². The van der Waals surface area contributed by atoms with Crippen LogP contribution < -0.4 is 0 Å². The van der Waals surface area contributed by atoms with Crippen molar-refractivity contribution < 1.29 is 9.53 Å². The Hall–Kier alpha value is -0.570. The summed E-state index contributed by atoms with van der Waals surface area (Å²) in [6.07, 6.45) is 4.93. The molecule has 0 unspecified atom stereocenters. The van der Waals surface area contributed by atoms with E-state index in [0.717, 1.165) is 19.1 Å². The molecule has 0 aromatic carbocycles. The molecule has 16 heavy (non-hydrogen) atoms. The van der Waals surface area contributed by atoms with Crippen molar-refractivity contribution >= 4 is 5.91 Å². The van der Waals surface area contributed by atoms with Crippen molar-refractivity contribution in [3.8, 4) is 0 Å². The third-order valence-corrected chi connectivity index (χ3v) is 3.15. The number of hydrogen-bond donors (Lipinski definition) is 0. The van der Waals surface area contributed by atoms with Crippen molar-refractivity contribution in [1.29, 1.82) is 0 Å². The summed E-state index contributed by atoms with van der Waals surface area (Å²) in [5.41, 5.74) is 0. The minimum absolute atomic E-state index is 0.192. The van der Waals surface area contributed by atoms with Crippen molar-refractivity contribution in [2.75, 3.05) is 19.8 Å². The Labute approximate surface area is 98.1 Å². The molecular weight excluding hydrogens is 202 g/mol. The highest BCUT2D eigenvalue weighted by Crippen LogP contribution is 2.29. The second kappa shape index (κ2) is 5.17. The molecule has 3 heteroatoms. The standard InChI is InChI=1S/C13H23NO2/c1-10(2)7-14(12-5-6-12)13(15)9-16-8-11-3-4-11/h10-12H,3-9H2,1-2H3. The predicted molar refractivity (Wildman–Crippen MR) is 63.1 cm³/mol. The lowest BCUT2D eigenvalue weighted by molar-refractivity contribution is -0.137. The third kappa shape index (κ3) is 3.78. The molecular formula is C13H23NO2. The monoisotopic (exact) mass is 225 g/mol. The quantitative estimate of drug-likeness (QED) is 0.663. The molecule has 0 spiro atoms. The minimum Gasteiger partial charge on any atom is -0.371 e. The number of hydrogen-bond acceptors (Lipinski definition) is 2. The fourth-order valence-corrected chi connectivity index (χ4v) is 1.91. The summed E-state index contributed by atoms with van der Waals surface area (Å²) in [5, 5.41) is 0. The van der Waals surface area contributed by atoms with E-state index in [4.69, 9.17) is 4.74 Å². The Kier molecular flexibility index (Phi) is 3.85. The van der Waals surface area contributed by atoms with E-state index in [9.17, 15) is 4.79 Å². The van der Waals surface area contributed by atoms with Gasteiger partial charge >= 0.3 is 0 Å². The van der Waals surface area contributed by atoms with Gasteiger partial charge in [0.25, 0.3) is 0 Å². The number of nitrogens with zero attached hydrogens (tertiary/aromatic N) is 1. The van der Waals surface area contributed by atoms with Crippen LogP contribution in [0.25, 0.3) is 0 Å². The van der Waals surface area contributed by atoms with Crippen LogP contribution in [-0.2, 0) is 9.53 Å². The molecule has 92 valence electrons. The van der Waals surface area contributed by atoms with Gasteiger partial charge in [-0.05, 0) is 37.5 Å². The van der Waals surface area contributed by atoms with Crippen LogP contribution in [0.15, 0.2) is 0 Å². The smallest absolute Gasteiger partial charge is 0.248 e. The van der Waals surface area contributed by atoms with Gasteiger partial charge in [0.05, 0.1) is 6.61 Å². The molecule has 0 aromatic heterocycles. The highest BCUT2D eigenvalue weighted by molar-refractivity contribution is 5.78. The van der Waals surface area contributed by atoms with Crippen LogP contribution in [0.3, 0.4) is 0 Å². The van der Waals surface area contributed by atoms with Crippen molar-refractivity contribution in [1.82, 2.24) is 4.90 Å². The summed E-state index contributed by atoms with van der Waals surface area (Å²) >= 11 is 0. The SMILES string of the molecule is CC(C)CN(C(=O)COCC1CC1)C1CC1. The number of ether oxygens (including phenoxy) is 1. The summed E-state index contributed by atoms with van der Waals surface area (Å²) in [4.78, 5) is 14.0. The van der Waals surface area contributed by atoms with E-state index < -0.39 is 0 Å². The minimum atomic E-state index is 0.192. The average Bonchev–Trinajstić information content (AvgIpc) is 3.06. The Morgan fingerprint density at radius 3 is 2.50 bits per heavy atom. The summed E-state index contributed by atoms with van der Waals surface area (Å²) < 4.78 is 5.47. The van der Waals surface area contributed by atoms with Gasteiger partial charge in [-0.1, -0.05) is 13.8 Å². The molecule has 3 nitrogen and oxygen atoms in total. The van der Waals surface area contributed by atoms with Crippen molar-refractivity contribution in [2.24, 2.45) is 11.8 Å². The van der Waals surface area contributed by atoms with E-state index in [2.05, 4.69) is 13.8 Å². The van der Waals surface area contributed by atoms with Crippen molar-refractivity contribution in [3.05, 3.63) is 0 Å². The molecule has 2 aliphatic rings. The van der Waals surface area contributed by atoms with Crippen molar-refractivity contribution in [3.63, 3.8) is 0 Å². The zero-order chi connectivity index (χ0) is 11.5. The third-order valence-electron chi connectivity index (χ3n) is 3.15. The molecule has 0 bridgehead atoms. The van der Waals surface area contributed by atoms with E-state index in [0.29, 0.717) is 18.6 Å². The number of carbonyl (C=O) groups is 1. The van der Waals surface area contributed by atoms with Crippen LogP contribution in [0.5, 0.6) is 0 Å². The van der Waals surface area contributed by atoms with Gasteiger partial charge in [-0.15, -0.1) is 0 Å². The first-order chi connectivity index (χ1) is 7.66. The van der Waals surface area contributed by atoms with E-state index >= 15 is 0 Å².